The molecule has 1 heterocycles. The van der Waals surface area contributed by atoms with Crippen molar-refractivity contribution in [3.05, 3.63) is 66.2 Å². The lowest BCUT2D eigenvalue weighted by molar-refractivity contribution is 0.0923. The van der Waals surface area contributed by atoms with Crippen LogP contribution in [0.4, 0.5) is 10.2 Å². The zero-order valence-electron chi connectivity index (χ0n) is 14.7. The third-order valence-corrected chi connectivity index (χ3v) is 4.05. The van der Waals surface area contributed by atoms with Gasteiger partial charge in [-0.3, -0.25) is 9.78 Å². The maximum absolute atomic E-state index is 14.7. The fraction of sp³-hybridized carbons (Fsp3) is 0.150. The standard InChI is InChI=1S/C20H19FN4O2/c1-12(11-26)25-20(27)15-5-3-2-4-14(15)13-6-7-16(17(21)8-13)18-9-24-19(22)10-23-18/h2-10,12,26H,11H2,1H3,(H2,22,24)(H,25,27)/t12-/m0/s1. The smallest absolute Gasteiger partial charge is 0.252 e. The molecule has 6 nitrogen and oxygen atoms in total. The Morgan fingerprint density at radius 1 is 1.19 bits per heavy atom. The van der Waals surface area contributed by atoms with E-state index in [0.717, 1.165) is 0 Å². The molecule has 0 saturated heterocycles. The van der Waals surface area contributed by atoms with Crippen LogP contribution in [0, 0.1) is 5.82 Å². The molecule has 0 aliphatic rings. The van der Waals surface area contributed by atoms with Crippen LogP contribution < -0.4 is 11.1 Å². The maximum atomic E-state index is 14.7. The predicted octanol–water partition coefficient (Wildman–Crippen LogP) is 2.64. The van der Waals surface area contributed by atoms with Crippen molar-refractivity contribution in [2.24, 2.45) is 0 Å². The highest BCUT2D eigenvalue weighted by molar-refractivity contribution is 6.01. The number of nitrogens with one attached hydrogen (secondary N) is 1. The summed E-state index contributed by atoms with van der Waals surface area (Å²) in [6.07, 6.45) is 2.77. The average molecular weight is 366 g/mol. The van der Waals surface area contributed by atoms with Crippen molar-refractivity contribution in [2.45, 2.75) is 13.0 Å². The molecule has 7 heteroatoms. The molecule has 0 unspecified atom stereocenters. The van der Waals surface area contributed by atoms with Gasteiger partial charge >= 0.3 is 0 Å². The molecule has 0 fully saturated rings. The van der Waals surface area contributed by atoms with E-state index in [2.05, 4.69) is 15.3 Å². The van der Waals surface area contributed by atoms with E-state index in [1.165, 1.54) is 18.5 Å². The molecule has 0 radical (unpaired) electrons. The van der Waals surface area contributed by atoms with Gasteiger partial charge < -0.3 is 16.2 Å². The van der Waals surface area contributed by atoms with E-state index in [1.54, 1.807) is 43.3 Å². The number of nitrogens with zero attached hydrogens (tertiary/aromatic N) is 2. The second-order valence-corrected chi connectivity index (χ2v) is 6.12. The molecule has 1 aromatic heterocycles. The fourth-order valence-corrected chi connectivity index (χ4v) is 2.65. The van der Waals surface area contributed by atoms with Gasteiger partial charge in [0.1, 0.15) is 11.6 Å². The molecule has 138 valence electrons. The Hall–Kier alpha value is -3.32. The molecular weight excluding hydrogens is 347 g/mol. The number of hydrogen-bond donors (Lipinski definition) is 3. The van der Waals surface area contributed by atoms with Crippen LogP contribution in [0.25, 0.3) is 22.4 Å². The number of aliphatic hydroxyl groups excluding tert-OH is 1. The maximum Gasteiger partial charge on any atom is 0.252 e. The number of hydrogen-bond acceptors (Lipinski definition) is 5. The Balaban J connectivity index is 1.97. The number of benzene rings is 2. The van der Waals surface area contributed by atoms with Crippen LogP contribution in [0.3, 0.4) is 0 Å². The molecule has 27 heavy (non-hydrogen) atoms. The molecule has 0 bridgehead atoms. The van der Waals surface area contributed by atoms with Crippen LogP contribution in [-0.4, -0.2) is 33.6 Å². The number of carbonyl (C=O) groups excluding carboxylic acids is 1. The van der Waals surface area contributed by atoms with Gasteiger partial charge in [-0.1, -0.05) is 24.3 Å². The quantitative estimate of drug-likeness (QED) is 0.644. The van der Waals surface area contributed by atoms with Crippen molar-refractivity contribution in [2.75, 3.05) is 12.3 Å². The van der Waals surface area contributed by atoms with Crippen LogP contribution in [0.15, 0.2) is 54.9 Å². The van der Waals surface area contributed by atoms with Gasteiger partial charge in [0.2, 0.25) is 0 Å². The molecule has 4 N–H and O–H groups in total. The zero-order valence-corrected chi connectivity index (χ0v) is 14.7. The van der Waals surface area contributed by atoms with Gasteiger partial charge in [0, 0.05) is 17.2 Å². The normalized spacial score (nSPS) is 11.8. The van der Waals surface area contributed by atoms with E-state index >= 15 is 0 Å². The first kappa shape index (κ1) is 18.5. The van der Waals surface area contributed by atoms with Gasteiger partial charge in [-0.25, -0.2) is 9.37 Å². The number of carbonyl (C=O) groups is 1. The van der Waals surface area contributed by atoms with E-state index in [4.69, 9.17) is 10.8 Å². The number of nitrogen functional groups attached to an aromatic ring is 1. The van der Waals surface area contributed by atoms with Crippen molar-refractivity contribution in [3.8, 4) is 22.4 Å². The van der Waals surface area contributed by atoms with Crippen LogP contribution in [0.5, 0.6) is 0 Å². The van der Waals surface area contributed by atoms with Gasteiger partial charge in [0.05, 0.1) is 24.7 Å². The highest BCUT2D eigenvalue weighted by atomic mass is 19.1. The number of halogens is 1. The Morgan fingerprint density at radius 2 is 1.96 bits per heavy atom. The molecule has 0 spiro atoms. The molecule has 1 atom stereocenters. The molecule has 0 aliphatic heterocycles. The highest BCUT2D eigenvalue weighted by Gasteiger charge is 2.16. The summed E-state index contributed by atoms with van der Waals surface area (Å²) in [7, 11) is 0. The van der Waals surface area contributed by atoms with E-state index in [1.807, 2.05) is 0 Å². The molecule has 2 aromatic carbocycles. The predicted molar refractivity (Wildman–Crippen MR) is 101 cm³/mol. The SMILES string of the molecule is C[C@@H](CO)NC(=O)c1ccccc1-c1ccc(-c2cnc(N)cn2)c(F)c1. The summed E-state index contributed by atoms with van der Waals surface area (Å²) >= 11 is 0. The minimum absolute atomic E-state index is 0.167. The number of rotatable bonds is 5. The van der Waals surface area contributed by atoms with Gasteiger partial charge in [0.15, 0.2) is 0 Å². The van der Waals surface area contributed by atoms with Gasteiger partial charge in [-0.2, -0.15) is 0 Å². The van der Waals surface area contributed by atoms with E-state index in [0.29, 0.717) is 27.9 Å². The molecule has 1 amide bonds. The molecule has 0 saturated carbocycles. The van der Waals surface area contributed by atoms with Crippen molar-refractivity contribution < 1.29 is 14.3 Å². The average Bonchev–Trinajstić information content (AvgIpc) is 2.68. The summed E-state index contributed by atoms with van der Waals surface area (Å²) in [5, 5.41) is 11.8. The Labute approximate surface area is 155 Å². The summed E-state index contributed by atoms with van der Waals surface area (Å²) in [4.78, 5) is 20.5. The van der Waals surface area contributed by atoms with E-state index in [-0.39, 0.29) is 24.4 Å². The van der Waals surface area contributed by atoms with Crippen LogP contribution in [-0.2, 0) is 0 Å². The topological polar surface area (TPSA) is 101 Å². The lowest BCUT2D eigenvalue weighted by atomic mass is 9.97. The number of aromatic nitrogens is 2. The Bertz CT molecular complexity index is 960. The van der Waals surface area contributed by atoms with E-state index in [9.17, 15) is 9.18 Å². The lowest BCUT2D eigenvalue weighted by Crippen LogP contribution is -2.35. The van der Waals surface area contributed by atoms with Crippen molar-refractivity contribution >= 4 is 11.7 Å². The Kier molecular flexibility index (Phi) is 5.42. The van der Waals surface area contributed by atoms with Crippen molar-refractivity contribution in [3.63, 3.8) is 0 Å². The molecule has 3 aromatic rings. The Morgan fingerprint density at radius 3 is 2.63 bits per heavy atom. The summed E-state index contributed by atoms with van der Waals surface area (Å²) in [6.45, 7) is 1.53. The second-order valence-electron chi connectivity index (χ2n) is 6.12. The summed E-state index contributed by atoms with van der Waals surface area (Å²) in [5.74, 6) is -0.556. The minimum Gasteiger partial charge on any atom is -0.394 e. The first-order chi connectivity index (χ1) is 13.0. The van der Waals surface area contributed by atoms with Crippen molar-refractivity contribution in [1.29, 1.82) is 0 Å². The monoisotopic (exact) mass is 366 g/mol. The summed E-state index contributed by atoms with van der Waals surface area (Å²) in [6, 6.07) is 11.2. The first-order valence-corrected chi connectivity index (χ1v) is 8.38. The van der Waals surface area contributed by atoms with Crippen LogP contribution >= 0.6 is 0 Å². The second kappa shape index (κ2) is 7.92. The van der Waals surface area contributed by atoms with Crippen molar-refractivity contribution in [1.82, 2.24) is 15.3 Å². The summed E-state index contributed by atoms with van der Waals surface area (Å²) in [5.41, 5.74) is 7.73. The zero-order chi connectivity index (χ0) is 19.4. The van der Waals surface area contributed by atoms with Crippen LogP contribution in [0.1, 0.15) is 17.3 Å². The highest BCUT2D eigenvalue weighted by Crippen LogP contribution is 2.29. The fourth-order valence-electron chi connectivity index (χ4n) is 2.65. The van der Waals surface area contributed by atoms with Gasteiger partial charge in [-0.15, -0.1) is 0 Å². The molecular formula is C20H19FN4O2. The first-order valence-electron chi connectivity index (χ1n) is 8.38. The van der Waals surface area contributed by atoms with E-state index < -0.39 is 5.82 Å². The lowest BCUT2D eigenvalue weighted by Gasteiger charge is -2.14. The van der Waals surface area contributed by atoms with Gasteiger partial charge in [0.25, 0.3) is 5.91 Å². The number of amides is 1. The molecule has 3 rings (SSSR count). The number of anilines is 1. The van der Waals surface area contributed by atoms with Gasteiger partial charge in [-0.05, 0) is 36.2 Å². The van der Waals surface area contributed by atoms with Crippen LogP contribution in [0.2, 0.25) is 0 Å². The third-order valence-electron chi connectivity index (χ3n) is 4.05. The number of nitrogens with two attached hydrogens (primary N) is 1. The third kappa shape index (κ3) is 4.09. The minimum atomic E-state index is -0.481. The number of aliphatic hydroxyl groups is 1. The largest absolute Gasteiger partial charge is 0.394 e. The summed E-state index contributed by atoms with van der Waals surface area (Å²) < 4.78 is 14.7. The molecule has 0 aliphatic carbocycles.